The number of hydrogen-bond acceptors (Lipinski definition) is 3. The first-order chi connectivity index (χ1) is 11.4. The van der Waals surface area contributed by atoms with E-state index < -0.39 is 30.5 Å². The van der Waals surface area contributed by atoms with E-state index in [9.17, 15) is 31.1 Å². The van der Waals surface area contributed by atoms with Crippen LogP contribution in [0.2, 0.25) is 0 Å². The summed E-state index contributed by atoms with van der Waals surface area (Å²) in [5, 5.41) is 0.298. The average molecular weight is 382 g/mol. The lowest BCUT2D eigenvalue weighted by Crippen LogP contribution is -2.38. The number of aryl methyl sites for hydroxylation is 1. The van der Waals surface area contributed by atoms with E-state index in [2.05, 4.69) is 11.6 Å². The van der Waals surface area contributed by atoms with Crippen LogP contribution in [0.1, 0.15) is 20.9 Å². The molecule has 0 N–H and O–H groups in total. The smallest absolute Gasteiger partial charge is 0.325 e. The molecule has 2 heterocycles. The molecule has 0 aliphatic heterocycles. The van der Waals surface area contributed by atoms with Gasteiger partial charge in [-0.15, -0.1) is 17.9 Å². The molecule has 3 nitrogen and oxygen atoms in total. The Morgan fingerprint density at radius 3 is 2.44 bits per heavy atom. The first kappa shape index (κ1) is 19.2. The Labute approximate surface area is 142 Å². The molecule has 0 spiro atoms. The van der Waals surface area contributed by atoms with E-state index in [4.69, 9.17) is 0 Å². The molecule has 0 aliphatic rings. The van der Waals surface area contributed by atoms with Crippen molar-refractivity contribution in [3.8, 4) is 0 Å². The SMILES string of the molecule is C=CCN(CC(F)(F)F)C(=O)c1sc2nc(C(F)(F)F)ccc2c1C. The highest BCUT2D eigenvalue weighted by atomic mass is 32.1. The summed E-state index contributed by atoms with van der Waals surface area (Å²) in [6, 6.07) is 1.93. The summed E-state index contributed by atoms with van der Waals surface area (Å²) >= 11 is 0.639. The summed E-state index contributed by atoms with van der Waals surface area (Å²) in [5.74, 6) is -0.925. The van der Waals surface area contributed by atoms with Gasteiger partial charge in [-0.3, -0.25) is 4.79 Å². The van der Waals surface area contributed by atoms with Crippen molar-refractivity contribution in [2.24, 2.45) is 0 Å². The molecule has 2 aromatic rings. The third kappa shape index (κ3) is 4.30. The Hall–Kier alpha value is -2.10. The fourth-order valence-electron chi connectivity index (χ4n) is 2.20. The number of aromatic nitrogens is 1. The standard InChI is InChI=1S/C15H12F6N2OS/c1-3-6-23(7-14(16,17)18)13(24)11-8(2)9-4-5-10(15(19,20)21)22-12(9)25-11/h3-5H,1,6-7H2,2H3. The lowest BCUT2D eigenvalue weighted by molar-refractivity contribution is -0.141. The Morgan fingerprint density at radius 2 is 1.92 bits per heavy atom. The van der Waals surface area contributed by atoms with Crippen molar-refractivity contribution in [1.82, 2.24) is 9.88 Å². The average Bonchev–Trinajstić information content (AvgIpc) is 2.80. The Kier molecular flexibility index (Phi) is 5.12. The van der Waals surface area contributed by atoms with Crippen LogP contribution in [0.25, 0.3) is 10.2 Å². The van der Waals surface area contributed by atoms with Crippen LogP contribution in [0.5, 0.6) is 0 Å². The van der Waals surface area contributed by atoms with Gasteiger partial charge in [-0.25, -0.2) is 4.98 Å². The molecule has 0 aromatic carbocycles. The molecular weight excluding hydrogens is 370 g/mol. The van der Waals surface area contributed by atoms with Gasteiger partial charge in [-0.2, -0.15) is 26.3 Å². The van der Waals surface area contributed by atoms with Crippen LogP contribution in [0.4, 0.5) is 26.3 Å². The molecule has 0 saturated carbocycles. The van der Waals surface area contributed by atoms with E-state index >= 15 is 0 Å². The van der Waals surface area contributed by atoms with Crippen molar-refractivity contribution in [2.75, 3.05) is 13.1 Å². The highest BCUT2D eigenvalue weighted by Gasteiger charge is 2.35. The molecule has 10 heteroatoms. The normalized spacial score (nSPS) is 12.4. The number of nitrogens with zero attached hydrogens (tertiary/aromatic N) is 2. The number of halogens is 6. The molecule has 0 bridgehead atoms. The molecule has 0 aliphatic carbocycles. The number of alkyl halides is 6. The molecule has 0 radical (unpaired) electrons. The number of thiophene rings is 1. The molecular formula is C15H12F6N2OS. The maximum atomic E-state index is 12.7. The van der Waals surface area contributed by atoms with Gasteiger partial charge in [0, 0.05) is 11.9 Å². The van der Waals surface area contributed by atoms with Crippen molar-refractivity contribution >= 4 is 27.5 Å². The van der Waals surface area contributed by atoms with E-state index in [0.29, 0.717) is 27.2 Å². The highest BCUT2D eigenvalue weighted by molar-refractivity contribution is 7.20. The summed E-state index contributed by atoms with van der Waals surface area (Å²) in [5.41, 5.74) is -0.832. The molecule has 2 rings (SSSR count). The Bertz CT molecular complexity index is 809. The summed E-state index contributed by atoms with van der Waals surface area (Å²) < 4.78 is 76.1. The summed E-state index contributed by atoms with van der Waals surface area (Å²) in [7, 11) is 0. The van der Waals surface area contributed by atoms with E-state index in [0.717, 1.165) is 18.2 Å². The predicted octanol–water partition coefficient (Wildman–Crippen LogP) is 4.81. The fraction of sp³-hybridized carbons (Fsp3) is 0.333. The van der Waals surface area contributed by atoms with Crippen molar-refractivity contribution < 1.29 is 31.1 Å². The minimum Gasteiger partial charge on any atom is -0.325 e. The van der Waals surface area contributed by atoms with Gasteiger partial charge in [0.1, 0.15) is 17.1 Å². The van der Waals surface area contributed by atoms with Crippen molar-refractivity contribution in [3.63, 3.8) is 0 Å². The van der Waals surface area contributed by atoms with Crippen LogP contribution in [-0.4, -0.2) is 35.1 Å². The minimum atomic E-state index is -4.65. The molecule has 0 atom stereocenters. The Balaban J connectivity index is 2.46. The zero-order valence-electron chi connectivity index (χ0n) is 12.8. The van der Waals surface area contributed by atoms with Gasteiger partial charge in [0.25, 0.3) is 5.91 Å². The van der Waals surface area contributed by atoms with E-state index in [1.54, 1.807) is 0 Å². The number of carbonyl (C=O) groups excluding carboxylic acids is 1. The first-order valence-electron chi connectivity index (χ1n) is 6.88. The van der Waals surface area contributed by atoms with Crippen molar-refractivity contribution in [2.45, 2.75) is 19.3 Å². The Morgan fingerprint density at radius 1 is 1.28 bits per heavy atom. The molecule has 2 aromatic heterocycles. The second-order valence-corrected chi connectivity index (χ2v) is 6.19. The lowest BCUT2D eigenvalue weighted by atomic mass is 10.1. The zero-order chi connectivity index (χ0) is 19.0. The van der Waals surface area contributed by atoms with Crippen LogP contribution in [0.3, 0.4) is 0 Å². The lowest BCUT2D eigenvalue weighted by Gasteiger charge is -2.22. The van der Waals surface area contributed by atoms with Gasteiger partial charge < -0.3 is 4.90 Å². The second kappa shape index (κ2) is 6.66. The van der Waals surface area contributed by atoms with Gasteiger partial charge in [0.15, 0.2) is 0 Å². The van der Waals surface area contributed by atoms with Gasteiger partial charge in [0.05, 0.1) is 4.88 Å². The topological polar surface area (TPSA) is 33.2 Å². The zero-order valence-corrected chi connectivity index (χ0v) is 13.6. The number of hydrogen-bond donors (Lipinski definition) is 0. The predicted molar refractivity (Wildman–Crippen MR) is 81.5 cm³/mol. The minimum absolute atomic E-state index is 0.0544. The summed E-state index contributed by atoms with van der Waals surface area (Å²) in [4.78, 5) is 16.3. The molecule has 25 heavy (non-hydrogen) atoms. The fourth-order valence-corrected chi connectivity index (χ4v) is 3.34. The van der Waals surface area contributed by atoms with Crippen LogP contribution < -0.4 is 0 Å². The number of fused-ring (bicyclic) bond motifs is 1. The van der Waals surface area contributed by atoms with Gasteiger partial charge in [0.2, 0.25) is 0 Å². The van der Waals surface area contributed by atoms with Crippen LogP contribution >= 0.6 is 11.3 Å². The molecule has 1 amide bonds. The van der Waals surface area contributed by atoms with Crippen LogP contribution in [0.15, 0.2) is 24.8 Å². The van der Waals surface area contributed by atoms with Gasteiger partial charge in [-0.05, 0) is 24.6 Å². The van der Waals surface area contributed by atoms with E-state index in [1.807, 2.05) is 0 Å². The third-order valence-corrected chi connectivity index (χ3v) is 4.48. The number of rotatable bonds is 4. The third-order valence-electron chi connectivity index (χ3n) is 3.30. The molecule has 0 fully saturated rings. The summed E-state index contributed by atoms with van der Waals surface area (Å²) in [6.45, 7) is 2.95. The number of pyridine rings is 1. The first-order valence-corrected chi connectivity index (χ1v) is 7.70. The number of amides is 1. The quantitative estimate of drug-likeness (QED) is 0.561. The maximum absolute atomic E-state index is 12.7. The monoisotopic (exact) mass is 382 g/mol. The van der Waals surface area contributed by atoms with Gasteiger partial charge in [-0.1, -0.05) is 6.08 Å². The largest absolute Gasteiger partial charge is 0.433 e. The second-order valence-electron chi connectivity index (χ2n) is 5.19. The van der Waals surface area contributed by atoms with Crippen LogP contribution in [0, 0.1) is 6.92 Å². The summed E-state index contributed by atoms with van der Waals surface area (Å²) in [6.07, 6.45) is -8.11. The van der Waals surface area contributed by atoms with Gasteiger partial charge >= 0.3 is 12.4 Å². The van der Waals surface area contributed by atoms with Crippen molar-refractivity contribution in [1.29, 1.82) is 0 Å². The van der Waals surface area contributed by atoms with E-state index in [1.165, 1.54) is 6.92 Å². The van der Waals surface area contributed by atoms with E-state index in [-0.39, 0.29) is 16.3 Å². The highest BCUT2D eigenvalue weighted by Crippen LogP contribution is 2.35. The number of carbonyl (C=O) groups is 1. The molecule has 136 valence electrons. The molecule has 0 unspecified atom stereocenters. The molecule has 0 saturated heterocycles. The maximum Gasteiger partial charge on any atom is 0.433 e. The van der Waals surface area contributed by atoms with Crippen LogP contribution in [-0.2, 0) is 6.18 Å². The van der Waals surface area contributed by atoms with Crippen molar-refractivity contribution in [3.05, 3.63) is 40.9 Å².